The van der Waals surface area contributed by atoms with Gasteiger partial charge in [-0.15, -0.1) is 10.2 Å². The number of imidazole rings is 1. The van der Waals surface area contributed by atoms with E-state index in [4.69, 9.17) is 4.74 Å². The summed E-state index contributed by atoms with van der Waals surface area (Å²) in [6.07, 6.45) is 3.28. The molecular weight excluding hydrogens is 500 g/mol. The molecule has 0 spiro atoms. The Balaban J connectivity index is 1.51. The number of hydrogen-bond acceptors (Lipinski definition) is 9. The van der Waals surface area contributed by atoms with Gasteiger partial charge in [0.25, 0.3) is 6.43 Å². The van der Waals surface area contributed by atoms with Gasteiger partial charge in [-0.3, -0.25) is 4.40 Å². The first-order valence-electron chi connectivity index (χ1n) is 11.2. The number of alkyl halides is 2. The van der Waals surface area contributed by atoms with Crippen LogP contribution in [0.1, 0.15) is 37.1 Å². The van der Waals surface area contributed by atoms with E-state index in [1.54, 1.807) is 16.7 Å². The van der Waals surface area contributed by atoms with Crippen LogP contribution in [0, 0.1) is 17.2 Å². The third-order valence-corrected chi connectivity index (χ3v) is 9.09. The second-order valence-electron chi connectivity index (χ2n) is 9.12. The molecule has 10 nitrogen and oxygen atoms in total. The average Bonchev–Trinajstić information content (AvgIpc) is 3.74. The Bertz CT molecular complexity index is 1440. The number of fused-ring (bicyclic) bond motifs is 1. The Morgan fingerprint density at radius 2 is 2.11 bits per heavy atom. The third-order valence-electron chi connectivity index (χ3n) is 6.66. The maximum atomic E-state index is 13.4. The van der Waals surface area contributed by atoms with Crippen molar-refractivity contribution in [2.45, 2.75) is 48.6 Å². The van der Waals surface area contributed by atoms with Gasteiger partial charge in [0.15, 0.2) is 15.8 Å². The zero-order chi connectivity index (χ0) is 24.4. The van der Waals surface area contributed by atoms with E-state index < -0.39 is 27.0 Å². The number of hydrogen-bond donors (Lipinski definition) is 1. The van der Waals surface area contributed by atoms with Crippen LogP contribution in [0.4, 0.5) is 14.5 Å². The number of rotatable bonds is 7. The average molecular weight is 522 g/mol. The van der Waals surface area contributed by atoms with Crippen LogP contribution in [-0.2, 0) is 14.8 Å². The summed E-state index contributed by atoms with van der Waals surface area (Å²) in [5.74, 6) is 0.682. The van der Waals surface area contributed by atoms with Crippen LogP contribution < -0.4 is 9.62 Å². The molecule has 0 amide bonds. The molecule has 1 saturated heterocycles. The minimum atomic E-state index is -4.06. The van der Waals surface area contributed by atoms with Crippen molar-refractivity contribution in [1.29, 1.82) is 5.26 Å². The highest BCUT2D eigenvalue weighted by atomic mass is 32.2. The largest absolute Gasteiger partial charge is 0.377 e. The zero-order valence-corrected chi connectivity index (χ0v) is 20.0. The van der Waals surface area contributed by atoms with E-state index in [9.17, 15) is 22.5 Å². The number of nitrogens with one attached hydrogen (secondary N) is 1. The van der Waals surface area contributed by atoms with Crippen molar-refractivity contribution < 1.29 is 21.9 Å². The maximum absolute atomic E-state index is 13.4. The molecule has 3 fully saturated rings. The monoisotopic (exact) mass is 521 g/mol. The summed E-state index contributed by atoms with van der Waals surface area (Å²) < 4.78 is 62.8. The standard InChI is InChI=1S/C21H21F2N7O3S2/c22-17(23)19-26-27-20(34-19)18-25-8-15-14(29-5-6-33-10-16(29)12-1-2-12)7-13(9-30(15)18)35(31,32)28-21(11-24)3-4-21/h7-9,12,16-17,28H,1-6,10H2/t16-/m0/s1. The van der Waals surface area contributed by atoms with E-state index in [-0.39, 0.29) is 21.8 Å². The fourth-order valence-corrected chi connectivity index (χ4v) is 6.56. The van der Waals surface area contributed by atoms with E-state index >= 15 is 0 Å². The third kappa shape index (κ3) is 4.06. The van der Waals surface area contributed by atoms with Crippen LogP contribution in [0.15, 0.2) is 23.4 Å². The van der Waals surface area contributed by atoms with Crippen LogP contribution in [0.2, 0.25) is 0 Å². The van der Waals surface area contributed by atoms with Crippen LogP contribution in [0.5, 0.6) is 0 Å². The van der Waals surface area contributed by atoms with Crippen LogP contribution in [0.3, 0.4) is 0 Å². The lowest BCUT2D eigenvalue weighted by atomic mass is 10.1. The number of sulfonamides is 1. The normalized spacial score (nSPS) is 22.0. The summed E-state index contributed by atoms with van der Waals surface area (Å²) in [4.78, 5) is 6.52. The van der Waals surface area contributed by atoms with Crippen molar-refractivity contribution in [2.75, 3.05) is 24.7 Å². The highest BCUT2D eigenvalue weighted by Gasteiger charge is 2.47. The summed E-state index contributed by atoms with van der Waals surface area (Å²) >= 11 is 0.710. The van der Waals surface area contributed by atoms with Crippen LogP contribution in [-0.4, -0.2) is 59.3 Å². The predicted octanol–water partition coefficient (Wildman–Crippen LogP) is 2.74. The molecule has 3 aromatic rings. The fraction of sp³-hybridized carbons (Fsp3) is 0.524. The molecule has 0 aromatic carbocycles. The van der Waals surface area contributed by atoms with Gasteiger partial charge in [0.05, 0.1) is 42.7 Å². The lowest BCUT2D eigenvalue weighted by molar-refractivity contribution is 0.0880. The number of pyridine rings is 1. The summed E-state index contributed by atoms with van der Waals surface area (Å²) in [5, 5.41) is 16.5. The summed E-state index contributed by atoms with van der Waals surface area (Å²) in [6, 6.07) is 3.74. The Hall–Kier alpha value is -2.73. The smallest absolute Gasteiger partial charge is 0.291 e. The highest BCUT2D eigenvalue weighted by Crippen LogP contribution is 2.41. The zero-order valence-electron chi connectivity index (χ0n) is 18.4. The van der Waals surface area contributed by atoms with Crippen LogP contribution in [0.25, 0.3) is 16.3 Å². The van der Waals surface area contributed by atoms with E-state index in [1.165, 1.54) is 6.20 Å². The van der Waals surface area contributed by atoms with Crippen molar-refractivity contribution in [3.05, 3.63) is 23.5 Å². The molecule has 14 heteroatoms. The SMILES string of the molecule is N#CC1(NS(=O)(=O)c2cc(N3CCOC[C@H]3C3CC3)c3cnc(-c4nnc(C(F)F)s4)n3c2)CC1. The first-order valence-corrected chi connectivity index (χ1v) is 13.5. The number of nitriles is 1. The van der Waals surface area contributed by atoms with Gasteiger partial charge in [-0.05, 0) is 37.7 Å². The van der Waals surface area contributed by atoms with Crippen molar-refractivity contribution in [1.82, 2.24) is 24.3 Å². The Morgan fingerprint density at radius 1 is 1.31 bits per heavy atom. The quantitative estimate of drug-likeness (QED) is 0.503. The Kier molecular flexibility index (Phi) is 5.29. The molecule has 2 saturated carbocycles. The van der Waals surface area contributed by atoms with Crippen molar-refractivity contribution in [3.8, 4) is 16.9 Å². The molecular formula is C21H21F2N7O3S2. The number of morpholine rings is 1. The van der Waals surface area contributed by atoms with Gasteiger partial charge in [-0.2, -0.15) is 9.98 Å². The first kappa shape index (κ1) is 22.7. The highest BCUT2D eigenvalue weighted by molar-refractivity contribution is 7.89. The lowest BCUT2D eigenvalue weighted by Crippen LogP contribution is -2.47. The molecule has 184 valence electrons. The maximum Gasteiger partial charge on any atom is 0.291 e. The molecule has 1 atom stereocenters. The molecule has 3 aliphatic rings. The molecule has 0 bridgehead atoms. The van der Waals surface area contributed by atoms with Gasteiger partial charge < -0.3 is 9.64 Å². The van der Waals surface area contributed by atoms with Crippen molar-refractivity contribution in [2.24, 2.45) is 5.92 Å². The molecule has 35 heavy (non-hydrogen) atoms. The Morgan fingerprint density at radius 3 is 2.77 bits per heavy atom. The van der Waals surface area contributed by atoms with Gasteiger partial charge in [0, 0.05) is 12.7 Å². The number of ether oxygens (including phenoxy) is 1. The number of aromatic nitrogens is 4. The fourth-order valence-electron chi connectivity index (χ4n) is 4.47. The molecule has 1 aliphatic heterocycles. The van der Waals surface area contributed by atoms with Crippen molar-refractivity contribution in [3.63, 3.8) is 0 Å². The second-order valence-corrected chi connectivity index (χ2v) is 11.8. The topological polar surface area (TPSA) is 126 Å². The first-order chi connectivity index (χ1) is 16.8. The van der Waals surface area contributed by atoms with Gasteiger partial charge in [0.2, 0.25) is 10.0 Å². The van der Waals surface area contributed by atoms with E-state index in [0.29, 0.717) is 61.1 Å². The predicted molar refractivity (Wildman–Crippen MR) is 122 cm³/mol. The van der Waals surface area contributed by atoms with Gasteiger partial charge in [0.1, 0.15) is 10.4 Å². The molecule has 0 radical (unpaired) electrons. The molecule has 1 N–H and O–H groups in total. The molecule has 0 unspecified atom stereocenters. The number of halogens is 2. The van der Waals surface area contributed by atoms with Gasteiger partial charge >= 0.3 is 0 Å². The van der Waals surface area contributed by atoms with Gasteiger partial charge in [-0.25, -0.2) is 22.2 Å². The van der Waals surface area contributed by atoms with Gasteiger partial charge in [-0.1, -0.05) is 11.3 Å². The lowest BCUT2D eigenvalue weighted by Gasteiger charge is -2.38. The molecule has 3 aromatic heterocycles. The summed E-state index contributed by atoms with van der Waals surface area (Å²) in [5.41, 5.74) is 0.195. The van der Waals surface area contributed by atoms with Crippen molar-refractivity contribution >= 4 is 32.6 Å². The minimum absolute atomic E-state index is 0.0413. The van der Waals surface area contributed by atoms with Crippen LogP contribution >= 0.6 is 11.3 Å². The molecule has 6 rings (SSSR count). The molecule has 2 aliphatic carbocycles. The van der Waals surface area contributed by atoms with E-state index in [1.807, 2.05) is 6.07 Å². The number of anilines is 1. The second kappa shape index (κ2) is 8.16. The summed E-state index contributed by atoms with van der Waals surface area (Å²) in [6.45, 7) is 1.61. The number of nitrogens with zero attached hydrogens (tertiary/aromatic N) is 6. The minimum Gasteiger partial charge on any atom is -0.377 e. The summed E-state index contributed by atoms with van der Waals surface area (Å²) in [7, 11) is -4.06. The van der Waals surface area contributed by atoms with E-state index in [0.717, 1.165) is 12.8 Å². The molecule has 4 heterocycles. The Labute approximate surface area is 203 Å². The van der Waals surface area contributed by atoms with E-state index in [2.05, 4.69) is 24.8 Å².